The summed E-state index contributed by atoms with van der Waals surface area (Å²) < 4.78 is 21.4. The highest BCUT2D eigenvalue weighted by molar-refractivity contribution is 6.24. The monoisotopic (exact) mass is 342 g/mol. The number of benzene rings is 2. The Morgan fingerprint density at radius 2 is 1.40 bits per heavy atom. The van der Waals surface area contributed by atoms with E-state index in [1.807, 2.05) is 24.3 Å². The molecule has 0 saturated carbocycles. The molecule has 2 rings (SSSR count). The molecular formula is C20H22O5. The fraction of sp³-hybridized carbons (Fsp3) is 0.250. The average molecular weight is 342 g/mol. The maximum absolute atomic E-state index is 12.3. The van der Waals surface area contributed by atoms with Crippen LogP contribution in [-0.4, -0.2) is 34.2 Å². The average Bonchev–Trinajstić information content (AvgIpc) is 2.64. The molecule has 0 N–H and O–H groups in total. The van der Waals surface area contributed by atoms with E-state index in [0.29, 0.717) is 34.1 Å². The van der Waals surface area contributed by atoms with E-state index in [2.05, 4.69) is 0 Å². The summed E-state index contributed by atoms with van der Waals surface area (Å²) in [5.41, 5.74) is 2.00. The molecule has 0 unspecified atom stereocenters. The van der Waals surface area contributed by atoms with Gasteiger partial charge in [0.1, 0.15) is 5.75 Å². The molecule has 0 radical (unpaired) electrons. The molecule has 5 heteroatoms. The molecule has 0 saturated heterocycles. The van der Waals surface area contributed by atoms with Crippen molar-refractivity contribution in [2.24, 2.45) is 0 Å². The van der Waals surface area contributed by atoms with Crippen LogP contribution in [0.3, 0.4) is 0 Å². The molecule has 5 nitrogen and oxygen atoms in total. The van der Waals surface area contributed by atoms with Gasteiger partial charge in [-0.15, -0.1) is 0 Å². The molecule has 132 valence electrons. The maximum atomic E-state index is 12.3. The van der Waals surface area contributed by atoms with Crippen LogP contribution >= 0.6 is 0 Å². The van der Waals surface area contributed by atoms with Crippen LogP contribution in [0.4, 0.5) is 0 Å². The molecule has 0 bridgehead atoms. The van der Waals surface area contributed by atoms with Crippen molar-refractivity contribution in [2.75, 3.05) is 28.4 Å². The first-order valence-electron chi connectivity index (χ1n) is 7.71. The second kappa shape index (κ2) is 8.24. The van der Waals surface area contributed by atoms with Crippen molar-refractivity contribution in [3.63, 3.8) is 0 Å². The first kappa shape index (κ1) is 18.4. The second-order valence-electron chi connectivity index (χ2n) is 5.27. The van der Waals surface area contributed by atoms with Crippen molar-refractivity contribution >= 4 is 17.4 Å². The Labute approximate surface area is 147 Å². The molecule has 0 amide bonds. The number of methoxy groups -OCH3 is 4. The van der Waals surface area contributed by atoms with E-state index in [4.69, 9.17) is 18.9 Å². The first-order chi connectivity index (χ1) is 12.0. The van der Waals surface area contributed by atoms with Gasteiger partial charge in [-0.1, -0.05) is 18.2 Å². The summed E-state index contributed by atoms with van der Waals surface area (Å²) in [7, 11) is 6.22. The lowest BCUT2D eigenvalue weighted by atomic mass is 9.98. The van der Waals surface area contributed by atoms with E-state index < -0.39 is 0 Å². The molecule has 0 atom stereocenters. The topological polar surface area (TPSA) is 54.0 Å². The number of ketones is 1. The first-order valence-corrected chi connectivity index (χ1v) is 7.71. The van der Waals surface area contributed by atoms with Gasteiger partial charge in [-0.3, -0.25) is 4.79 Å². The normalized spacial score (nSPS) is 11.0. The molecule has 2 aromatic rings. The SMILES string of the molecule is COc1ccccc1/C=C(/C(C)=O)c1cc(OC)c(OC)c(OC)c1. The number of carbonyl (C=O) groups is 1. The van der Waals surface area contributed by atoms with Gasteiger partial charge in [0.05, 0.1) is 28.4 Å². The lowest BCUT2D eigenvalue weighted by Crippen LogP contribution is -2.01. The maximum Gasteiger partial charge on any atom is 0.203 e. The number of carbonyl (C=O) groups excluding carboxylic acids is 1. The Kier molecular flexibility index (Phi) is 6.06. The van der Waals surface area contributed by atoms with Crippen molar-refractivity contribution in [2.45, 2.75) is 6.92 Å². The standard InChI is InChI=1S/C20H22O5/c1-13(21)16(10-14-8-6-7-9-17(14)22-2)15-11-18(23-3)20(25-5)19(12-15)24-4/h6-12H,1-5H3/b16-10-. The van der Waals surface area contributed by atoms with Gasteiger partial charge in [-0.05, 0) is 36.8 Å². The van der Waals surface area contributed by atoms with E-state index >= 15 is 0 Å². The fourth-order valence-corrected chi connectivity index (χ4v) is 2.57. The van der Waals surface area contributed by atoms with E-state index in [1.165, 1.54) is 14.0 Å². The van der Waals surface area contributed by atoms with Gasteiger partial charge in [0.15, 0.2) is 17.3 Å². The number of allylic oxidation sites excluding steroid dienone is 1. The lowest BCUT2D eigenvalue weighted by Gasteiger charge is -2.15. The van der Waals surface area contributed by atoms with Gasteiger partial charge in [0.2, 0.25) is 5.75 Å². The quantitative estimate of drug-likeness (QED) is 0.565. The van der Waals surface area contributed by atoms with Crippen LogP contribution in [0.1, 0.15) is 18.1 Å². The van der Waals surface area contributed by atoms with E-state index in [1.54, 1.807) is 39.5 Å². The van der Waals surface area contributed by atoms with Gasteiger partial charge >= 0.3 is 0 Å². The largest absolute Gasteiger partial charge is 0.496 e. The van der Waals surface area contributed by atoms with Crippen LogP contribution in [0.2, 0.25) is 0 Å². The van der Waals surface area contributed by atoms with Crippen molar-refractivity contribution in [3.8, 4) is 23.0 Å². The van der Waals surface area contributed by atoms with E-state index in [9.17, 15) is 4.79 Å². The van der Waals surface area contributed by atoms with Gasteiger partial charge in [-0.2, -0.15) is 0 Å². The third-order valence-corrected chi connectivity index (χ3v) is 3.79. The van der Waals surface area contributed by atoms with Crippen molar-refractivity contribution < 1.29 is 23.7 Å². The summed E-state index contributed by atoms with van der Waals surface area (Å²) in [4.78, 5) is 12.3. The number of ether oxygens (including phenoxy) is 4. The third kappa shape index (κ3) is 3.94. The summed E-state index contributed by atoms with van der Waals surface area (Å²) in [5.74, 6) is 2.07. The highest BCUT2D eigenvalue weighted by Gasteiger charge is 2.17. The predicted molar refractivity (Wildman–Crippen MR) is 97.6 cm³/mol. The van der Waals surface area contributed by atoms with Crippen LogP contribution in [-0.2, 0) is 4.79 Å². The zero-order valence-electron chi connectivity index (χ0n) is 15.1. The zero-order chi connectivity index (χ0) is 18.4. The molecule has 0 aliphatic carbocycles. The number of hydrogen-bond acceptors (Lipinski definition) is 5. The Bertz CT molecular complexity index is 767. The van der Waals surface area contributed by atoms with Crippen LogP contribution in [0, 0.1) is 0 Å². The number of rotatable bonds is 7. The summed E-state index contributed by atoms with van der Waals surface area (Å²) in [6.07, 6.45) is 1.79. The van der Waals surface area contributed by atoms with Crippen LogP contribution < -0.4 is 18.9 Å². The number of hydrogen-bond donors (Lipinski definition) is 0. The minimum absolute atomic E-state index is 0.0832. The van der Waals surface area contributed by atoms with Crippen LogP contribution in [0.25, 0.3) is 11.6 Å². The zero-order valence-corrected chi connectivity index (χ0v) is 15.1. The minimum Gasteiger partial charge on any atom is -0.496 e. The molecule has 0 aliphatic heterocycles. The summed E-state index contributed by atoms with van der Waals surface area (Å²) in [5, 5.41) is 0. The smallest absolute Gasteiger partial charge is 0.203 e. The molecule has 0 fully saturated rings. The molecule has 0 heterocycles. The van der Waals surface area contributed by atoms with Crippen molar-refractivity contribution in [1.29, 1.82) is 0 Å². The molecule has 0 spiro atoms. The summed E-state index contributed by atoms with van der Waals surface area (Å²) in [6.45, 7) is 1.52. The van der Waals surface area contributed by atoms with E-state index in [0.717, 1.165) is 5.56 Å². The van der Waals surface area contributed by atoms with Gasteiger partial charge in [0, 0.05) is 11.1 Å². The molecule has 25 heavy (non-hydrogen) atoms. The summed E-state index contributed by atoms with van der Waals surface area (Å²) in [6, 6.07) is 11.0. The highest BCUT2D eigenvalue weighted by Crippen LogP contribution is 2.40. The third-order valence-electron chi connectivity index (χ3n) is 3.79. The highest BCUT2D eigenvalue weighted by atomic mass is 16.5. The van der Waals surface area contributed by atoms with E-state index in [-0.39, 0.29) is 5.78 Å². The van der Waals surface area contributed by atoms with Crippen molar-refractivity contribution in [3.05, 3.63) is 47.5 Å². The lowest BCUT2D eigenvalue weighted by molar-refractivity contribution is -0.111. The number of para-hydroxylation sites is 1. The minimum atomic E-state index is -0.0832. The Balaban J connectivity index is 2.65. The fourth-order valence-electron chi connectivity index (χ4n) is 2.57. The Morgan fingerprint density at radius 1 is 0.840 bits per heavy atom. The van der Waals surface area contributed by atoms with Gasteiger partial charge in [0.25, 0.3) is 0 Å². The Morgan fingerprint density at radius 3 is 1.88 bits per heavy atom. The van der Waals surface area contributed by atoms with Crippen molar-refractivity contribution in [1.82, 2.24) is 0 Å². The van der Waals surface area contributed by atoms with Gasteiger partial charge in [-0.25, -0.2) is 0 Å². The number of Topliss-reactive ketones (excluding diaryl/α,β-unsaturated/α-hetero) is 1. The van der Waals surface area contributed by atoms with Crippen LogP contribution in [0.15, 0.2) is 36.4 Å². The van der Waals surface area contributed by atoms with Crippen LogP contribution in [0.5, 0.6) is 23.0 Å². The Hall–Kier alpha value is -2.95. The molecule has 0 aliphatic rings. The van der Waals surface area contributed by atoms with Gasteiger partial charge < -0.3 is 18.9 Å². The second-order valence-corrected chi connectivity index (χ2v) is 5.27. The molecule has 2 aromatic carbocycles. The summed E-state index contributed by atoms with van der Waals surface area (Å²) >= 11 is 0. The molecular weight excluding hydrogens is 320 g/mol. The predicted octanol–water partition coefficient (Wildman–Crippen LogP) is 3.85. The molecule has 0 aromatic heterocycles.